The van der Waals surface area contributed by atoms with Crippen molar-refractivity contribution in [2.45, 2.75) is 77.7 Å². The number of benzene rings is 2. The highest BCUT2D eigenvalue weighted by molar-refractivity contribution is 5.94. The molecule has 7 rings (SSSR count). The number of amides is 2. The van der Waals surface area contributed by atoms with Crippen molar-refractivity contribution in [3.8, 4) is 11.4 Å². The van der Waals surface area contributed by atoms with Crippen LogP contribution < -0.4 is 16.2 Å². The molecule has 0 unspecified atom stereocenters. The third-order valence-electron chi connectivity index (χ3n) is 10.8. The Kier molecular flexibility index (Phi) is 9.73. The van der Waals surface area contributed by atoms with Crippen LogP contribution in [0.3, 0.4) is 0 Å². The molecule has 3 atom stereocenters. The van der Waals surface area contributed by atoms with Crippen molar-refractivity contribution in [3.63, 3.8) is 0 Å². The minimum absolute atomic E-state index is 0.00575. The van der Waals surface area contributed by atoms with Crippen LogP contribution in [0.4, 0.5) is 4.39 Å². The highest BCUT2D eigenvalue weighted by Gasteiger charge is 2.46. The van der Waals surface area contributed by atoms with E-state index >= 15 is 4.39 Å². The summed E-state index contributed by atoms with van der Waals surface area (Å²) in [5.74, 6) is -2.41. The van der Waals surface area contributed by atoms with E-state index in [1.807, 2.05) is 30.3 Å². The van der Waals surface area contributed by atoms with Gasteiger partial charge in [0.2, 0.25) is 11.8 Å². The largest absolute Gasteiger partial charge is 0.458 e. The Bertz CT molecular complexity index is 2240. The van der Waals surface area contributed by atoms with Crippen molar-refractivity contribution in [1.29, 1.82) is 0 Å². The Morgan fingerprint density at radius 3 is 2.68 bits per heavy atom. The number of esters is 1. The van der Waals surface area contributed by atoms with E-state index in [4.69, 9.17) is 14.5 Å². The Balaban J connectivity index is 1.05. The van der Waals surface area contributed by atoms with Gasteiger partial charge in [-0.25, -0.2) is 14.2 Å². The smallest absolute Gasteiger partial charge is 0.343 e. The Hall–Kier alpha value is -5.27. The van der Waals surface area contributed by atoms with Gasteiger partial charge in [0.1, 0.15) is 19.0 Å². The molecular weight excluding hydrogens is 683 g/mol. The van der Waals surface area contributed by atoms with Crippen LogP contribution in [0.15, 0.2) is 47.3 Å². The molecule has 2 aromatic heterocycles. The molecule has 4 aromatic rings. The van der Waals surface area contributed by atoms with Gasteiger partial charge in [-0.1, -0.05) is 44.2 Å². The monoisotopic (exact) mass is 724 g/mol. The molecule has 4 heterocycles. The predicted molar refractivity (Wildman–Crippen MR) is 191 cm³/mol. The number of carbonyl (C=O) groups excluding carboxylic acids is 4. The number of aliphatic hydroxyl groups is 1. The zero-order valence-corrected chi connectivity index (χ0v) is 29.8. The first-order valence-corrected chi connectivity index (χ1v) is 17.9. The number of aromatic nitrogens is 2. The average molecular weight is 725 g/mol. The number of fused-ring (bicyclic) bond motifs is 5. The fourth-order valence-corrected chi connectivity index (χ4v) is 7.79. The number of nitrogens with one attached hydrogen (secondary N) is 2. The van der Waals surface area contributed by atoms with Crippen LogP contribution in [0.5, 0.6) is 0 Å². The van der Waals surface area contributed by atoms with Crippen LogP contribution >= 0.6 is 0 Å². The van der Waals surface area contributed by atoms with Crippen molar-refractivity contribution in [1.82, 2.24) is 20.2 Å². The number of aryl methyl sites for hydroxylation is 1. The van der Waals surface area contributed by atoms with Crippen LogP contribution in [0.25, 0.3) is 22.3 Å². The molecule has 3 aliphatic rings. The lowest BCUT2D eigenvalue weighted by molar-refractivity contribution is -0.172. The number of halogens is 1. The van der Waals surface area contributed by atoms with Crippen LogP contribution in [-0.2, 0) is 60.2 Å². The summed E-state index contributed by atoms with van der Waals surface area (Å²) < 4.78 is 27.5. The Morgan fingerprint density at radius 1 is 1.15 bits per heavy atom. The molecule has 2 aromatic carbocycles. The lowest BCUT2D eigenvalue weighted by Crippen LogP contribution is -2.44. The Morgan fingerprint density at radius 2 is 1.92 bits per heavy atom. The van der Waals surface area contributed by atoms with Gasteiger partial charge in [-0.05, 0) is 60.9 Å². The van der Waals surface area contributed by atoms with Crippen molar-refractivity contribution in [2.75, 3.05) is 19.8 Å². The molecule has 0 saturated carbocycles. The zero-order valence-electron chi connectivity index (χ0n) is 29.8. The van der Waals surface area contributed by atoms with Crippen molar-refractivity contribution < 1.29 is 38.1 Å². The average Bonchev–Trinajstić information content (AvgIpc) is 3.52. The summed E-state index contributed by atoms with van der Waals surface area (Å²) in [6.07, 6.45) is 1.50. The minimum atomic E-state index is -2.00. The number of ether oxygens (including phenoxy) is 2. The van der Waals surface area contributed by atoms with Gasteiger partial charge in [0.05, 0.1) is 48.2 Å². The van der Waals surface area contributed by atoms with E-state index < -0.39 is 34.9 Å². The minimum Gasteiger partial charge on any atom is -0.458 e. The molecule has 1 aliphatic carbocycles. The number of nitrogens with zero attached hydrogens (tertiary/aromatic N) is 2. The summed E-state index contributed by atoms with van der Waals surface area (Å²) in [5.41, 5.74) is 2.84. The van der Waals surface area contributed by atoms with Gasteiger partial charge >= 0.3 is 5.97 Å². The van der Waals surface area contributed by atoms with Crippen LogP contribution in [0.1, 0.15) is 78.1 Å². The van der Waals surface area contributed by atoms with Gasteiger partial charge in [0.15, 0.2) is 11.4 Å². The van der Waals surface area contributed by atoms with E-state index in [0.29, 0.717) is 47.3 Å². The standard InChI is InChI=1S/C40H41FN4O8/c1-4-40(51)28-15-32-36-26(18-45(32)38(49)27(28)19-53-39(40)50)35-30(11-10-25-22(3)29(41)16-31(44-36)34(25)35)43-33(47)20-52-13-12-24(46)17-42-37(48)21(2)14-23-8-6-5-7-9-23/h5-9,15-16,21,30,51H,4,10-14,17-20H2,1-3H3,(H,42,48)(H,43,47)/t21-,30-,40-/m0/s1. The van der Waals surface area contributed by atoms with Gasteiger partial charge < -0.3 is 29.8 Å². The second-order valence-electron chi connectivity index (χ2n) is 14.1. The third kappa shape index (κ3) is 6.52. The SMILES string of the molecule is CC[C@@]1(O)C(=O)OCc2c1cc1n(c2=O)Cc2c-1nc1cc(F)c(C)c3c1c2[C@@H](NC(=O)COCCC(=O)CNC(=O)[C@@H](C)Cc1ccccc1)CC3. The molecule has 0 spiro atoms. The Labute approximate surface area is 304 Å². The van der Waals surface area contributed by atoms with Crippen LogP contribution in [0, 0.1) is 18.7 Å². The number of carbonyl (C=O) groups is 4. The number of Topliss-reactive ketones (excluding diaryl/α,β-unsaturated/α-hetero) is 1. The van der Waals surface area contributed by atoms with Crippen molar-refractivity contribution >= 4 is 34.5 Å². The zero-order chi connectivity index (χ0) is 37.6. The van der Waals surface area contributed by atoms with Gasteiger partial charge in [-0.3, -0.25) is 19.2 Å². The van der Waals surface area contributed by atoms with E-state index in [0.717, 1.165) is 22.1 Å². The van der Waals surface area contributed by atoms with E-state index in [1.165, 1.54) is 10.6 Å². The fourth-order valence-electron chi connectivity index (χ4n) is 7.79. The molecule has 0 radical (unpaired) electrons. The molecule has 276 valence electrons. The normalized spacial score (nSPS) is 18.8. The molecule has 2 aliphatic heterocycles. The molecule has 0 fully saturated rings. The summed E-state index contributed by atoms with van der Waals surface area (Å²) in [7, 11) is 0. The first-order valence-electron chi connectivity index (χ1n) is 17.9. The summed E-state index contributed by atoms with van der Waals surface area (Å²) in [6.45, 7) is 4.54. The molecule has 0 saturated heterocycles. The summed E-state index contributed by atoms with van der Waals surface area (Å²) in [4.78, 5) is 69.5. The highest BCUT2D eigenvalue weighted by atomic mass is 19.1. The quantitative estimate of drug-likeness (QED) is 0.129. The topological polar surface area (TPSA) is 166 Å². The number of hydrogen-bond acceptors (Lipinski definition) is 9. The molecular formula is C40H41FN4O8. The van der Waals surface area contributed by atoms with Crippen molar-refractivity contribution in [3.05, 3.63) is 97.6 Å². The van der Waals surface area contributed by atoms with Gasteiger partial charge in [0, 0.05) is 34.9 Å². The maximum absolute atomic E-state index is 15.2. The van der Waals surface area contributed by atoms with Crippen LogP contribution in [-0.4, -0.2) is 58.0 Å². The molecule has 12 nitrogen and oxygen atoms in total. The maximum atomic E-state index is 15.2. The maximum Gasteiger partial charge on any atom is 0.343 e. The second kappa shape index (κ2) is 14.3. The summed E-state index contributed by atoms with van der Waals surface area (Å²) in [5, 5.41) is 17.7. The van der Waals surface area contributed by atoms with E-state index in [9.17, 15) is 29.1 Å². The lowest BCUT2D eigenvalue weighted by atomic mass is 9.81. The highest BCUT2D eigenvalue weighted by Crippen LogP contribution is 2.46. The number of hydrogen-bond donors (Lipinski definition) is 3. The predicted octanol–water partition coefficient (Wildman–Crippen LogP) is 3.60. The molecule has 2 amide bonds. The van der Waals surface area contributed by atoms with Crippen LogP contribution in [0.2, 0.25) is 0 Å². The first kappa shape index (κ1) is 36.1. The van der Waals surface area contributed by atoms with E-state index in [-0.39, 0.29) is 74.5 Å². The van der Waals surface area contributed by atoms with Gasteiger partial charge in [-0.15, -0.1) is 0 Å². The van der Waals surface area contributed by atoms with Gasteiger partial charge in [0.25, 0.3) is 5.56 Å². The third-order valence-corrected chi connectivity index (χ3v) is 10.8. The van der Waals surface area contributed by atoms with E-state index in [2.05, 4.69) is 10.6 Å². The number of rotatable bonds is 12. The second-order valence-corrected chi connectivity index (χ2v) is 14.1. The number of cyclic esters (lactones) is 1. The number of pyridine rings is 2. The molecule has 13 heteroatoms. The lowest BCUT2D eigenvalue weighted by Gasteiger charge is -2.31. The van der Waals surface area contributed by atoms with Gasteiger partial charge in [-0.2, -0.15) is 0 Å². The molecule has 53 heavy (non-hydrogen) atoms. The number of ketones is 1. The first-order chi connectivity index (χ1) is 25.4. The summed E-state index contributed by atoms with van der Waals surface area (Å²) >= 11 is 0. The van der Waals surface area contributed by atoms with Crippen molar-refractivity contribution in [2.24, 2.45) is 5.92 Å². The van der Waals surface area contributed by atoms with E-state index in [1.54, 1.807) is 26.8 Å². The summed E-state index contributed by atoms with van der Waals surface area (Å²) in [6, 6.07) is 12.1. The molecule has 0 bridgehead atoms. The molecule has 3 N–H and O–H groups in total. The fraction of sp³-hybridized carbons (Fsp3) is 0.400.